The maximum Gasteiger partial charge on any atom is 0.504 e. The molecule has 1 unspecified atom stereocenters. The molecule has 0 fully saturated rings. The lowest BCUT2D eigenvalue weighted by molar-refractivity contribution is 0.0464. The molecule has 0 aliphatic rings. The molecule has 0 aliphatic carbocycles. The molecule has 0 aromatic carbocycles. The Hall–Kier alpha value is 0.0969. The van der Waals surface area contributed by atoms with Crippen molar-refractivity contribution in [2.75, 3.05) is 19.8 Å². The monoisotopic (exact) mass is 262 g/mol. The van der Waals surface area contributed by atoms with Gasteiger partial charge >= 0.3 is 8.80 Å². The Bertz CT molecular complexity index is 190. The van der Waals surface area contributed by atoms with Crippen molar-refractivity contribution in [1.82, 2.24) is 0 Å². The fourth-order valence-corrected chi connectivity index (χ4v) is 5.26. The summed E-state index contributed by atoms with van der Waals surface area (Å²) >= 11 is 0. The molecular formula is C13H30O3Si. The minimum absolute atomic E-state index is 0.172. The van der Waals surface area contributed by atoms with Gasteiger partial charge in [0.1, 0.15) is 0 Å². The first-order chi connectivity index (χ1) is 7.90. The summed E-state index contributed by atoms with van der Waals surface area (Å²) in [6.07, 6.45) is 1.09. The molecule has 0 aromatic heterocycles. The molecule has 0 saturated heterocycles. The quantitative estimate of drug-likeness (QED) is 0.591. The van der Waals surface area contributed by atoms with Crippen molar-refractivity contribution in [3.63, 3.8) is 0 Å². The molecule has 0 N–H and O–H groups in total. The van der Waals surface area contributed by atoms with Gasteiger partial charge in [0.05, 0.1) is 0 Å². The zero-order valence-electron chi connectivity index (χ0n) is 12.6. The van der Waals surface area contributed by atoms with Gasteiger partial charge in [0.25, 0.3) is 0 Å². The van der Waals surface area contributed by atoms with Crippen molar-refractivity contribution in [2.45, 2.75) is 60.4 Å². The molecule has 0 aromatic rings. The van der Waals surface area contributed by atoms with Crippen molar-refractivity contribution < 1.29 is 13.3 Å². The van der Waals surface area contributed by atoms with E-state index in [1.54, 1.807) is 0 Å². The number of rotatable bonds is 9. The molecule has 0 rings (SSSR count). The maximum absolute atomic E-state index is 5.95. The van der Waals surface area contributed by atoms with E-state index in [0.29, 0.717) is 25.4 Å². The average Bonchev–Trinajstić information content (AvgIpc) is 2.29. The Morgan fingerprint density at radius 3 is 1.47 bits per heavy atom. The molecule has 4 heteroatoms. The van der Waals surface area contributed by atoms with Crippen LogP contribution < -0.4 is 0 Å². The van der Waals surface area contributed by atoms with Crippen LogP contribution in [0.2, 0.25) is 5.54 Å². The third-order valence-electron chi connectivity index (χ3n) is 3.65. The van der Waals surface area contributed by atoms with Crippen molar-refractivity contribution in [1.29, 1.82) is 0 Å². The van der Waals surface area contributed by atoms with Crippen molar-refractivity contribution in [3.8, 4) is 0 Å². The number of hydrogen-bond acceptors (Lipinski definition) is 3. The Morgan fingerprint density at radius 2 is 1.24 bits per heavy atom. The molecule has 0 spiro atoms. The van der Waals surface area contributed by atoms with Gasteiger partial charge in [-0.15, -0.1) is 0 Å². The lowest BCUT2D eigenvalue weighted by Gasteiger charge is -2.41. The molecule has 0 bridgehead atoms. The van der Waals surface area contributed by atoms with E-state index >= 15 is 0 Å². The van der Waals surface area contributed by atoms with Crippen LogP contribution in [-0.2, 0) is 13.3 Å². The van der Waals surface area contributed by atoms with E-state index in [4.69, 9.17) is 13.3 Å². The third kappa shape index (κ3) is 4.36. The molecule has 3 nitrogen and oxygen atoms in total. The highest BCUT2D eigenvalue weighted by molar-refractivity contribution is 6.62. The molecule has 104 valence electrons. The first kappa shape index (κ1) is 17.1. The summed E-state index contributed by atoms with van der Waals surface area (Å²) < 4.78 is 17.9. The second-order valence-electron chi connectivity index (χ2n) is 4.97. The van der Waals surface area contributed by atoms with Gasteiger partial charge in [0, 0.05) is 25.4 Å². The normalized spacial score (nSPS) is 15.0. The Balaban J connectivity index is 5.09. The maximum atomic E-state index is 5.95. The second-order valence-corrected chi connectivity index (χ2v) is 7.91. The lowest BCUT2D eigenvalue weighted by Crippen LogP contribution is -2.53. The van der Waals surface area contributed by atoms with Gasteiger partial charge in [-0.1, -0.05) is 34.1 Å². The zero-order valence-corrected chi connectivity index (χ0v) is 13.6. The van der Waals surface area contributed by atoms with Crippen LogP contribution in [0.15, 0.2) is 0 Å². The molecule has 1 atom stereocenters. The minimum Gasteiger partial charge on any atom is -0.374 e. The highest BCUT2D eigenvalue weighted by Crippen LogP contribution is 2.43. The van der Waals surface area contributed by atoms with Gasteiger partial charge in [-0.2, -0.15) is 0 Å². The van der Waals surface area contributed by atoms with Crippen LogP contribution in [0.1, 0.15) is 54.9 Å². The molecule has 0 heterocycles. The standard InChI is InChI=1S/C13H30O3Si/c1-8-13(6,7)12(5)17(14-9-2,15-10-3)16-11-4/h12H,8-11H2,1-7H3. The first-order valence-corrected chi connectivity index (χ1v) is 8.62. The molecule has 0 saturated carbocycles. The van der Waals surface area contributed by atoms with E-state index in [9.17, 15) is 0 Å². The van der Waals surface area contributed by atoms with Gasteiger partial charge in [-0.3, -0.25) is 0 Å². The summed E-state index contributed by atoms with van der Waals surface area (Å²) in [5, 5.41) is 0. The summed E-state index contributed by atoms with van der Waals surface area (Å²) in [5.41, 5.74) is 0.478. The molecule has 17 heavy (non-hydrogen) atoms. The van der Waals surface area contributed by atoms with E-state index in [1.165, 1.54) is 0 Å². The van der Waals surface area contributed by atoms with Gasteiger partial charge in [-0.05, 0) is 26.2 Å². The van der Waals surface area contributed by atoms with Crippen LogP contribution in [0.4, 0.5) is 0 Å². The fourth-order valence-electron chi connectivity index (χ4n) is 1.89. The van der Waals surface area contributed by atoms with Crippen LogP contribution >= 0.6 is 0 Å². The molecular weight excluding hydrogens is 232 g/mol. The van der Waals surface area contributed by atoms with Gasteiger partial charge in [0.15, 0.2) is 0 Å². The van der Waals surface area contributed by atoms with Crippen molar-refractivity contribution in [2.24, 2.45) is 5.41 Å². The van der Waals surface area contributed by atoms with Crippen LogP contribution in [0.5, 0.6) is 0 Å². The number of hydrogen-bond donors (Lipinski definition) is 0. The summed E-state index contributed by atoms with van der Waals surface area (Å²) in [6.45, 7) is 16.9. The van der Waals surface area contributed by atoms with Crippen LogP contribution in [0.3, 0.4) is 0 Å². The van der Waals surface area contributed by atoms with Gasteiger partial charge < -0.3 is 13.3 Å². The van der Waals surface area contributed by atoms with E-state index in [1.807, 2.05) is 20.8 Å². The van der Waals surface area contributed by atoms with Crippen LogP contribution in [0.25, 0.3) is 0 Å². The lowest BCUT2D eigenvalue weighted by atomic mass is 9.87. The van der Waals surface area contributed by atoms with E-state index < -0.39 is 8.80 Å². The van der Waals surface area contributed by atoms with E-state index in [2.05, 4.69) is 27.7 Å². The smallest absolute Gasteiger partial charge is 0.374 e. The molecule has 0 aliphatic heterocycles. The molecule has 0 radical (unpaired) electrons. The Kier molecular flexibility index (Phi) is 7.56. The van der Waals surface area contributed by atoms with Crippen molar-refractivity contribution in [3.05, 3.63) is 0 Å². The minimum atomic E-state index is -2.56. The highest BCUT2D eigenvalue weighted by Gasteiger charge is 2.52. The first-order valence-electron chi connectivity index (χ1n) is 6.82. The summed E-state index contributed by atoms with van der Waals surface area (Å²) in [4.78, 5) is 0. The van der Waals surface area contributed by atoms with Gasteiger partial charge in [0.2, 0.25) is 0 Å². The third-order valence-corrected chi connectivity index (χ3v) is 7.57. The fraction of sp³-hybridized carbons (Fsp3) is 1.00. The summed E-state index contributed by atoms with van der Waals surface area (Å²) in [5.74, 6) is 0. The van der Waals surface area contributed by atoms with Crippen LogP contribution in [-0.4, -0.2) is 28.6 Å². The largest absolute Gasteiger partial charge is 0.504 e. The van der Waals surface area contributed by atoms with E-state index in [0.717, 1.165) is 6.42 Å². The van der Waals surface area contributed by atoms with Crippen LogP contribution in [0, 0.1) is 5.41 Å². The van der Waals surface area contributed by atoms with E-state index in [-0.39, 0.29) is 5.41 Å². The predicted octanol–water partition coefficient (Wildman–Crippen LogP) is 3.86. The van der Waals surface area contributed by atoms with Gasteiger partial charge in [-0.25, -0.2) is 0 Å². The zero-order chi connectivity index (χ0) is 13.5. The summed E-state index contributed by atoms with van der Waals surface area (Å²) in [7, 11) is -2.56. The second kappa shape index (κ2) is 7.51. The SMILES string of the molecule is CCO[Si](OCC)(OCC)C(C)C(C)(C)CC. The molecule has 0 amide bonds. The Morgan fingerprint density at radius 1 is 0.882 bits per heavy atom. The Labute approximate surface area is 108 Å². The highest BCUT2D eigenvalue weighted by atomic mass is 28.4. The average molecular weight is 262 g/mol. The predicted molar refractivity (Wildman–Crippen MR) is 74.1 cm³/mol. The topological polar surface area (TPSA) is 27.7 Å². The van der Waals surface area contributed by atoms with Crippen molar-refractivity contribution >= 4 is 8.80 Å². The summed E-state index contributed by atoms with van der Waals surface area (Å²) in [6, 6.07) is 0.